The maximum atomic E-state index is 12.1. The van der Waals surface area contributed by atoms with Gasteiger partial charge in [0.25, 0.3) is 5.91 Å². The molecule has 19 heavy (non-hydrogen) atoms. The molecular formula is C14H22N4O. The van der Waals surface area contributed by atoms with Gasteiger partial charge in [-0.1, -0.05) is 6.92 Å². The molecule has 2 N–H and O–H groups in total. The van der Waals surface area contributed by atoms with Crippen molar-refractivity contribution >= 4 is 11.6 Å². The molecule has 0 aliphatic carbocycles. The number of anilines is 1. The Kier molecular flexibility index (Phi) is 4.74. The molecule has 5 nitrogen and oxygen atoms in total. The first-order chi connectivity index (χ1) is 9.22. The number of nitrogens with one attached hydrogen (secondary N) is 2. The van der Waals surface area contributed by atoms with E-state index < -0.39 is 0 Å². The van der Waals surface area contributed by atoms with Crippen molar-refractivity contribution in [1.29, 1.82) is 0 Å². The van der Waals surface area contributed by atoms with Crippen molar-refractivity contribution in [3.8, 4) is 0 Å². The van der Waals surface area contributed by atoms with Crippen molar-refractivity contribution in [3.63, 3.8) is 0 Å². The van der Waals surface area contributed by atoms with Crippen molar-refractivity contribution in [3.05, 3.63) is 24.0 Å². The van der Waals surface area contributed by atoms with Crippen LogP contribution < -0.4 is 10.6 Å². The Labute approximate surface area is 114 Å². The SMILES string of the molecule is CCN1CCCC(NC(=O)c2ccc(NC)cn2)C1. The van der Waals surface area contributed by atoms with Crippen LogP contribution in [0.3, 0.4) is 0 Å². The second-order valence-electron chi connectivity index (χ2n) is 4.89. The summed E-state index contributed by atoms with van der Waals surface area (Å²) in [4.78, 5) is 18.6. The average molecular weight is 262 g/mol. The zero-order valence-electron chi connectivity index (χ0n) is 11.6. The molecule has 104 valence electrons. The molecular weight excluding hydrogens is 240 g/mol. The molecule has 1 aliphatic rings. The molecule has 1 aromatic heterocycles. The Morgan fingerprint density at radius 1 is 1.53 bits per heavy atom. The topological polar surface area (TPSA) is 57.3 Å². The van der Waals surface area contributed by atoms with Crippen LogP contribution >= 0.6 is 0 Å². The number of amides is 1. The van der Waals surface area contributed by atoms with Gasteiger partial charge in [0.1, 0.15) is 5.69 Å². The number of piperidine rings is 1. The third-order valence-corrected chi connectivity index (χ3v) is 3.57. The van der Waals surface area contributed by atoms with Crippen LogP contribution in [0, 0.1) is 0 Å². The number of hydrogen-bond acceptors (Lipinski definition) is 4. The maximum absolute atomic E-state index is 12.1. The normalized spacial score (nSPS) is 20.0. The number of pyridine rings is 1. The summed E-state index contributed by atoms with van der Waals surface area (Å²) in [5, 5.41) is 6.06. The number of rotatable bonds is 4. The molecule has 0 bridgehead atoms. The fourth-order valence-electron chi connectivity index (χ4n) is 2.40. The van der Waals surface area contributed by atoms with Crippen LogP contribution in [0.1, 0.15) is 30.3 Å². The summed E-state index contributed by atoms with van der Waals surface area (Å²) >= 11 is 0. The van der Waals surface area contributed by atoms with E-state index in [0.717, 1.165) is 38.2 Å². The fourth-order valence-corrected chi connectivity index (χ4v) is 2.40. The standard InChI is InChI=1S/C14H22N4O/c1-3-18-8-4-5-12(10-18)17-14(19)13-7-6-11(15-2)9-16-13/h6-7,9,12,15H,3-5,8,10H2,1-2H3,(H,17,19). The largest absolute Gasteiger partial charge is 0.387 e. The van der Waals surface area contributed by atoms with E-state index in [4.69, 9.17) is 0 Å². The van der Waals surface area contributed by atoms with Crippen molar-refractivity contribution in [2.75, 3.05) is 32.0 Å². The third kappa shape index (κ3) is 3.67. The molecule has 2 heterocycles. The van der Waals surface area contributed by atoms with Gasteiger partial charge in [-0.05, 0) is 38.1 Å². The third-order valence-electron chi connectivity index (χ3n) is 3.57. The molecule has 1 unspecified atom stereocenters. The lowest BCUT2D eigenvalue weighted by Crippen LogP contribution is -2.47. The van der Waals surface area contributed by atoms with Gasteiger partial charge in [0, 0.05) is 19.6 Å². The van der Waals surface area contributed by atoms with Crippen LogP contribution in [0.15, 0.2) is 18.3 Å². The van der Waals surface area contributed by atoms with E-state index in [2.05, 4.69) is 27.4 Å². The number of hydrogen-bond donors (Lipinski definition) is 2. The highest BCUT2D eigenvalue weighted by molar-refractivity contribution is 5.92. The van der Waals surface area contributed by atoms with Crippen LogP contribution in [0.25, 0.3) is 0 Å². The highest BCUT2D eigenvalue weighted by Crippen LogP contribution is 2.11. The minimum atomic E-state index is -0.0781. The first kappa shape index (κ1) is 13.8. The molecule has 1 amide bonds. The number of likely N-dealkylation sites (N-methyl/N-ethyl adjacent to an activating group) is 1. The lowest BCUT2D eigenvalue weighted by Gasteiger charge is -2.32. The van der Waals surface area contributed by atoms with Gasteiger partial charge in [-0.3, -0.25) is 4.79 Å². The Morgan fingerprint density at radius 3 is 3.00 bits per heavy atom. The van der Waals surface area contributed by atoms with Crippen LogP contribution in [0.4, 0.5) is 5.69 Å². The summed E-state index contributed by atoms with van der Waals surface area (Å²) in [5.41, 5.74) is 1.39. The van der Waals surface area contributed by atoms with Gasteiger partial charge in [0.15, 0.2) is 0 Å². The van der Waals surface area contributed by atoms with E-state index in [-0.39, 0.29) is 11.9 Å². The molecule has 0 saturated carbocycles. The van der Waals surface area contributed by atoms with E-state index >= 15 is 0 Å². The summed E-state index contributed by atoms with van der Waals surface area (Å²) in [6.07, 6.45) is 3.87. The number of carbonyl (C=O) groups is 1. The number of nitrogens with zero attached hydrogens (tertiary/aromatic N) is 2. The molecule has 1 saturated heterocycles. The van der Waals surface area contributed by atoms with Crippen LogP contribution in [0.5, 0.6) is 0 Å². The Hall–Kier alpha value is -1.62. The van der Waals surface area contributed by atoms with Gasteiger partial charge in [0.2, 0.25) is 0 Å². The van der Waals surface area contributed by atoms with Crippen molar-refractivity contribution in [2.45, 2.75) is 25.8 Å². The second kappa shape index (κ2) is 6.52. The Morgan fingerprint density at radius 2 is 2.37 bits per heavy atom. The number of aromatic nitrogens is 1. The van der Waals surface area contributed by atoms with Gasteiger partial charge >= 0.3 is 0 Å². The van der Waals surface area contributed by atoms with Crippen LogP contribution in [-0.4, -0.2) is 48.5 Å². The fraction of sp³-hybridized carbons (Fsp3) is 0.571. The lowest BCUT2D eigenvalue weighted by molar-refractivity contribution is 0.0901. The van der Waals surface area contributed by atoms with Gasteiger partial charge in [-0.2, -0.15) is 0 Å². The summed E-state index contributed by atoms with van der Waals surface area (Å²) in [7, 11) is 1.83. The highest BCUT2D eigenvalue weighted by Gasteiger charge is 2.21. The smallest absolute Gasteiger partial charge is 0.270 e. The predicted molar refractivity (Wildman–Crippen MR) is 76.4 cm³/mol. The second-order valence-corrected chi connectivity index (χ2v) is 4.89. The molecule has 0 aromatic carbocycles. The first-order valence-electron chi connectivity index (χ1n) is 6.90. The molecule has 1 atom stereocenters. The minimum absolute atomic E-state index is 0.0781. The van der Waals surface area contributed by atoms with Gasteiger partial charge in [-0.25, -0.2) is 4.98 Å². The van der Waals surface area contributed by atoms with E-state index in [9.17, 15) is 4.79 Å². The van der Waals surface area contributed by atoms with Gasteiger partial charge in [0.05, 0.1) is 11.9 Å². The van der Waals surface area contributed by atoms with Crippen molar-refractivity contribution < 1.29 is 4.79 Å². The Balaban J connectivity index is 1.92. The van der Waals surface area contributed by atoms with Gasteiger partial charge in [-0.15, -0.1) is 0 Å². The molecule has 1 aromatic rings. The molecule has 1 aliphatic heterocycles. The summed E-state index contributed by atoms with van der Waals surface area (Å²) in [6.45, 7) is 5.28. The molecule has 5 heteroatoms. The monoisotopic (exact) mass is 262 g/mol. The van der Waals surface area contributed by atoms with E-state index in [1.165, 1.54) is 0 Å². The van der Waals surface area contributed by atoms with Crippen molar-refractivity contribution in [2.24, 2.45) is 0 Å². The van der Waals surface area contributed by atoms with Crippen LogP contribution in [0.2, 0.25) is 0 Å². The Bertz CT molecular complexity index is 418. The predicted octanol–water partition coefficient (Wildman–Crippen LogP) is 1.34. The van der Waals surface area contributed by atoms with E-state index in [1.54, 1.807) is 12.3 Å². The summed E-state index contributed by atoms with van der Waals surface area (Å²) < 4.78 is 0. The maximum Gasteiger partial charge on any atom is 0.270 e. The van der Waals surface area contributed by atoms with Gasteiger partial charge < -0.3 is 15.5 Å². The summed E-state index contributed by atoms with van der Waals surface area (Å²) in [6, 6.07) is 3.86. The highest BCUT2D eigenvalue weighted by atomic mass is 16.1. The molecule has 1 fully saturated rings. The molecule has 0 radical (unpaired) electrons. The van der Waals surface area contributed by atoms with Crippen LogP contribution in [-0.2, 0) is 0 Å². The van der Waals surface area contributed by atoms with Crippen molar-refractivity contribution in [1.82, 2.24) is 15.2 Å². The minimum Gasteiger partial charge on any atom is -0.387 e. The lowest BCUT2D eigenvalue weighted by atomic mass is 10.1. The average Bonchev–Trinajstić information content (AvgIpc) is 2.47. The zero-order chi connectivity index (χ0) is 13.7. The number of likely N-dealkylation sites (tertiary alicyclic amines) is 1. The molecule has 0 spiro atoms. The quantitative estimate of drug-likeness (QED) is 0.859. The number of carbonyl (C=O) groups excluding carboxylic acids is 1. The molecule has 2 rings (SSSR count). The van der Waals surface area contributed by atoms with E-state index in [0.29, 0.717) is 5.69 Å². The summed E-state index contributed by atoms with van der Waals surface area (Å²) in [5.74, 6) is -0.0781. The zero-order valence-corrected chi connectivity index (χ0v) is 11.6. The first-order valence-corrected chi connectivity index (χ1v) is 6.90. The van der Waals surface area contributed by atoms with E-state index in [1.807, 2.05) is 13.1 Å².